The minimum atomic E-state index is -1.22. The number of dihydropyridines is 1. The Morgan fingerprint density at radius 1 is 1.32 bits per heavy atom. The zero-order valence-corrected chi connectivity index (χ0v) is 14.6. The number of carbonyl (C=O) groups is 1. The van der Waals surface area contributed by atoms with Crippen molar-refractivity contribution in [3.05, 3.63) is 84.3 Å². The van der Waals surface area contributed by atoms with E-state index in [1.165, 1.54) is 11.3 Å². The fourth-order valence-corrected chi connectivity index (χ4v) is 3.90. The average Bonchev–Trinajstić information content (AvgIpc) is 3.07. The SMILES string of the molecule is CC1=C(C(=O)O)C(c2ccccc2Cl)C([N+](=O)[O-])=C(c2cccs2)N1. The Morgan fingerprint density at radius 3 is 2.60 bits per heavy atom. The van der Waals surface area contributed by atoms with Gasteiger partial charge in [0.25, 0.3) is 5.70 Å². The van der Waals surface area contributed by atoms with Crippen LogP contribution in [0, 0.1) is 10.1 Å². The minimum Gasteiger partial charge on any atom is -0.478 e. The van der Waals surface area contributed by atoms with Crippen LogP contribution in [0.4, 0.5) is 0 Å². The number of carboxylic acids is 1. The molecule has 0 bridgehead atoms. The van der Waals surface area contributed by atoms with Crippen molar-refractivity contribution >= 4 is 34.6 Å². The highest BCUT2D eigenvalue weighted by molar-refractivity contribution is 7.11. The topological polar surface area (TPSA) is 92.5 Å². The van der Waals surface area contributed by atoms with Gasteiger partial charge in [-0.05, 0) is 30.0 Å². The molecule has 6 nitrogen and oxygen atoms in total. The summed E-state index contributed by atoms with van der Waals surface area (Å²) in [6.45, 7) is 1.59. The van der Waals surface area contributed by atoms with Crippen LogP contribution in [-0.2, 0) is 4.79 Å². The van der Waals surface area contributed by atoms with Crippen LogP contribution in [0.3, 0.4) is 0 Å². The fourth-order valence-electron chi connectivity index (χ4n) is 2.92. The number of nitrogens with zero attached hydrogens (tertiary/aromatic N) is 1. The molecule has 8 heteroatoms. The maximum absolute atomic E-state index is 11.9. The molecule has 2 heterocycles. The lowest BCUT2D eigenvalue weighted by Crippen LogP contribution is -2.31. The van der Waals surface area contributed by atoms with Gasteiger partial charge in [-0.15, -0.1) is 11.3 Å². The molecule has 3 rings (SSSR count). The normalized spacial score (nSPS) is 17.4. The van der Waals surface area contributed by atoms with Crippen molar-refractivity contribution in [1.82, 2.24) is 5.32 Å². The molecule has 2 N–H and O–H groups in total. The van der Waals surface area contributed by atoms with Crippen molar-refractivity contribution in [2.45, 2.75) is 12.8 Å². The second-order valence-electron chi connectivity index (χ2n) is 5.42. The molecule has 0 spiro atoms. The molecule has 0 radical (unpaired) electrons. The van der Waals surface area contributed by atoms with Gasteiger partial charge in [-0.1, -0.05) is 35.9 Å². The lowest BCUT2D eigenvalue weighted by atomic mass is 9.83. The van der Waals surface area contributed by atoms with Crippen LogP contribution >= 0.6 is 22.9 Å². The maximum atomic E-state index is 11.9. The highest BCUT2D eigenvalue weighted by Crippen LogP contribution is 2.43. The minimum absolute atomic E-state index is 0.0832. The molecule has 1 aliphatic rings. The number of hydrogen-bond donors (Lipinski definition) is 2. The molecule has 128 valence electrons. The smallest absolute Gasteiger partial charge is 0.334 e. The average molecular weight is 377 g/mol. The van der Waals surface area contributed by atoms with E-state index in [2.05, 4.69) is 5.32 Å². The lowest BCUT2D eigenvalue weighted by Gasteiger charge is -2.26. The number of nitro groups is 1. The molecular formula is C17H13ClN2O4S. The molecule has 0 aliphatic carbocycles. The van der Waals surface area contributed by atoms with Gasteiger partial charge in [-0.3, -0.25) is 10.1 Å². The van der Waals surface area contributed by atoms with Crippen molar-refractivity contribution < 1.29 is 14.8 Å². The van der Waals surface area contributed by atoms with Gasteiger partial charge in [0.05, 0.1) is 15.4 Å². The molecule has 1 aromatic carbocycles. The Labute approximate surface area is 152 Å². The molecule has 2 aromatic rings. The first-order valence-corrected chi connectivity index (χ1v) is 8.55. The van der Waals surface area contributed by atoms with E-state index in [1.54, 1.807) is 48.7 Å². The lowest BCUT2D eigenvalue weighted by molar-refractivity contribution is -0.428. The number of allylic oxidation sites excluding steroid dienone is 2. The fraction of sp³-hybridized carbons (Fsp3) is 0.118. The first-order chi connectivity index (χ1) is 11.9. The molecule has 0 amide bonds. The molecule has 1 unspecified atom stereocenters. The summed E-state index contributed by atoms with van der Waals surface area (Å²) in [6.07, 6.45) is 0. The Kier molecular flexibility index (Phi) is 4.61. The third-order valence-corrected chi connectivity index (χ3v) is 5.18. The summed E-state index contributed by atoms with van der Waals surface area (Å²) >= 11 is 7.58. The van der Waals surface area contributed by atoms with Gasteiger partial charge in [-0.25, -0.2) is 4.79 Å². The number of aliphatic carboxylic acids is 1. The van der Waals surface area contributed by atoms with E-state index < -0.39 is 16.8 Å². The van der Waals surface area contributed by atoms with Crippen LogP contribution < -0.4 is 5.32 Å². The molecule has 0 fully saturated rings. The van der Waals surface area contributed by atoms with Crippen LogP contribution in [0.15, 0.2) is 58.7 Å². The summed E-state index contributed by atoms with van der Waals surface area (Å²) in [5.41, 5.74) is 0.737. The molecule has 1 aliphatic heterocycles. The third kappa shape index (κ3) is 3.04. The van der Waals surface area contributed by atoms with Crippen LogP contribution in [0.25, 0.3) is 5.70 Å². The van der Waals surface area contributed by atoms with Crippen molar-refractivity contribution in [3.63, 3.8) is 0 Å². The number of benzene rings is 1. The number of hydrogen-bond acceptors (Lipinski definition) is 5. The summed E-state index contributed by atoms with van der Waals surface area (Å²) in [5, 5.41) is 26.5. The van der Waals surface area contributed by atoms with Crippen molar-refractivity contribution in [1.29, 1.82) is 0 Å². The quantitative estimate of drug-likeness (QED) is 0.619. The molecule has 1 aromatic heterocycles. The molecule has 25 heavy (non-hydrogen) atoms. The van der Waals surface area contributed by atoms with Gasteiger partial charge in [0.2, 0.25) is 0 Å². The Bertz CT molecular complexity index is 918. The second-order valence-corrected chi connectivity index (χ2v) is 6.77. The number of halogens is 1. The van der Waals surface area contributed by atoms with Gasteiger partial charge in [-0.2, -0.15) is 0 Å². The second kappa shape index (κ2) is 6.70. The van der Waals surface area contributed by atoms with Crippen LogP contribution in [0.1, 0.15) is 23.3 Å². The van der Waals surface area contributed by atoms with E-state index in [-0.39, 0.29) is 16.3 Å². The number of nitrogens with one attached hydrogen (secondary N) is 1. The predicted octanol–water partition coefficient (Wildman–Crippen LogP) is 4.09. The van der Waals surface area contributed by atoms with E-state index in [9.17, 15) is 20.0 Å². The van der Waals surface area contributed by atoms with E-state index in [0.717, 1.165) is 0 Å². The molecule has 0 saturated carbocycles. The summed E-state index contributed by atoms with van der Waals surface area (Å²) in [4.78, 5) is 23.8. The summed E-state index contributed by atoms with van der Waals surface area (Å²) < 4.78 is 0. The first kappa shape index (κ1) is 17.2. The molecule has 0 saturated heterocycles. The van der Waals surface area contributed by atoms with Crippen molar-refractivity contribution in [2.75, 3.05) is 0 Å². The summed E-state index contributed by atoms with van der Waals surface area (Å²) in [7, 11) is 0. The Balaban J connectivity index is 2.33. The zero-order valence-electron chi connectivity index (χ0n) is 13.0. The number of thiophene rings is 1. The molecule has 1 atom stereocenters. The van der Waals surface area contributed by atoms with Gasteiger partial charge < -0.3 is 10.4 Å². The first-order valence-electron chi connectivity index (χ1n) is 7.29. The number of carboxylic acid groups (broad SMARTS) is 1. The monoisotopic (exact) mass is 376 g/mol. The standard InChI is InChI=1S/C17H13ClN2O4S/c1-9-13(17(21)22)14(10-5-2-3-6-11(10)18)16(20(23)24)15(19-9)12-7-4-8-25-12/h2-8,14,19H,1H3,(H,21,22). The predicted molar refractivity (Wildman–Crippen MR) is 95.9 cm³/mol. The van der Waals surface area contributed by atoms with E-state index in [0.29, 0.717) is 21.8 Å². The Morgan fingerprint density at radius 2 is 2.04 bits per heavy atom. The third-order valence-electron chi connectivity index (χ3n) is 3.95. The van der Waals surface area contributed by atoms with Crippen LogP contribution in [0.5, 0.6) is 0 Å². The van der Waals surface area contributed by atoms with Crippen molar-refractivity contribution in [3.8, 4) is 0 Å². The van der Waals surface area contributed by atoms with Crippen molar-refractivity contribution in [2.24, 2.45) is 0 Å². The van der Waals surface area contributed by atoms with Gasteiger partial charge in [0.15, 0.2) is 0 Å². The van der Waals surface area contributed by atoms with Crippen LogP contribution in [-0.4, -0.2) is 16.0 Å². The highest BCUT2D eigenvalue weighted by atomic mass is 35.5. The van der Waals surface area contributed by atoms with Gasteiger partial charge >= 0.3 is 5.97 Å². The van der Waals surface area contributed by atoms with E-state index in [1.807, 2.05) is 0 Å². The van der Waals surface area contributed by atoms with E-state index in [4.69, 9.17) is 11.6 Å². The maximum Gasteiger partial charge on any atom is 0.334 e. The molecular weight excluding hydrogens is 364 g/mol. The zero-order chi connectivity index (χ0) is 18.1. The van der Waals surface area contributed by atoms with Crippen LogP contribution in [0.2, 0.25) is 5.02 Å². The van der Waals surface area contributed by atoms with Gasteiger partial charge in [0.1, 0.15) is 11.6 Å². The van der Waals surface area contributed by atoms with E-state index >= 15 is 0 Å². The summed E-state index contributed by atoms with van der Waals surface area (Å²) in [5.74, 6) is -2.29. The summed E-state index contributed by atoms with van der Waals surface area (Å²) in [6, 6.07) is 10.1. The highest BCUT2D eigenvalue weighted by Gasteiger charge is 2.42. The Hall–Kier alpha value is -2.64. The number of rotatable bonds is 4. The van der Waals surface area contributed by atoms with Gasteiger partial charge in [0, 0.05) is 10.7 Å². The largest absolute Gasteiger partial charge is 0.478 e.